The summed E-state index contributed by atoms with van der Waals surface area (Å²) in [6, 6.07) is 80.2. The molecule has 340 valence electrons. The molecule has 0 saturated heterocycles. The van der Waals surface area contributed by atoms with Crippen LogP contribution < -0.4 is 0 Å². The molecule has 0 fully saturated rings. The molecule has 8 aromatic rings. The highest BCUT2D eigenvalue weighted by Gasteiger charge is 2.33. The molecule has 0 aromatic heterocycles. The summed E-state index contributed by atoms with van der Waals surface area (Å²) >= 11 is 0. The first-order valence-electron chi connectivity index (χ1n) is 21.6. The third kappa shape index (κ3) is 19.1. The normalized spacial score (nSPS) is 11.3. The zero-order valence-corrected chi connectivity index (χ0v) is 40.9. The quantitative estimate of drug-likeness (QED) is 0.0792. The van der Waals surface area contributed by atoms with Gasteiger partial charge in [-0.1, -0.05) is 218 Å². The molecule has 8 aromatic carbocycles. The van der Waals surface area contributed by atoms with Crippen molar-refractivity contribution in [1.82, 2.24) is 0 Å². The zero-order valence-electron chi connectivity index (χ0n) is 37.5. The summed E-state index contributed by atoms with van der Waals surface area (Å²) < 4.78 is 61.7. The Hall–Kier alpha value is -5.56. The lowest BCUT2D eigenvalue weighted by Crippen LogP contribution is -2.03. The van der Waals surface area contributed by atoms with Gasteiger partial charge >= 0.3 is 0 Å². The molecule has 0 N–H and O–H groups in total. The van der Waals surface area contributed by atoms with E-state index in [2.05, 4.69) is 195 Å². The van der Waals surface area contributed by atoms with Gasteiger partial charge in [0.25, 0.3) is 0 Å². The van der Waals surface area contributed by atoms with Crippen molar-refractivity contribution in [3.8, 4) is 0 Å². The summed E-state index contributed by atoms with van der Waals surface area (Å²) in [5.74, 6) is 0. The van der Waals surface area contributed by atoms with Gasteiger partial charge in [-0.3, -0.25) is 0 Å². The van der Waals surface area contributed by atoms with Crippen molar-refractivity contribution < 1.29 is 25.9 Å². The fourth-order valence-electron chi connectivity index (χ4n) is 7.65. The molecule has 0 bridgehead atoms. The van der Waals surface area contributed by atoms with Gasteiger partial charge in [-0.2, -0.15) is 0 Å². The second-order valence-corrected chi connectivity index (χ2v) is 27.8. The maximum absolute atomic E-state index is 10.3. The molecule has 0 atom stereocenters. The average molecular weight is 953 g/mol. The van der Waals surface area contributed by atoms with Gasteiger partial charge in [0, 0.05) is 27.9 Å². The highest BCUT2D eigenvalue weighted by molar-refractivity contribution is 7.86. The van der Waals surface area contributed by atoms with Gasteiger partial charge in [0.1, 0.15) is 20.2 Å². The van der Waals surface area contributed by atoms with E-state index in [9.17, 15) is 25.9 Å². The summed E-state index contributed by atoms with van der Waals surface area (Å²) in [5.41, 5.74) is 8.81. The highest BCUT2D eigenvalue weighted by atomic mass is 32.2. The van der Waals surface area contributed by atoms with Gasteiger partial charge in [-0.15, -0.1) is 0 Å². The lowest BCUT2D eigenvalue weighted by molar-refractivity contribution is 0.461. The molecule has 6 nitrogen and oxygen atoms in total. The topological polar surface area (TPSA) is 114 Å². The molecule has 0 radical (unpaired) electrons. The molecule has 0 aliphatic carbocycles. The first-order valence-corrected chi connectivity index (χ1v) is 30.0. The minimum atomic E-state index is -4.25. The first kappa shape index (κ1) is 51.4. The van der Waals surface area contributed by atoms with Crippen LogP contribution in [0.15, 0.2) is 252 Å². The smallest absolute Gasteiger partial charge is 0.124 e. The molecule has 0 heterocycles. The molecular formula is C56H58O6P2S2. The minimum Gasteiger partial charge on any atom is -0.744 e. The van der Waals surface area contributed by atoms with Crippen LogP contribution in [0.25, 0.3) is 0 Å². The van der Waals surface area contributed by atoms with Crippen LogP contribution in [0, 0.1) is 0 Å². The van der Waals surface area contributed by atoms with Crippen molar-refractivity contribution in [3.05, 3.63) is 276 Å². The average Bonchev–Trinajstić information content (AvgIpc) is 3.31. The molecule has 0 spiro atoms. The van der Waals surface area contributed by atoms with Crippen LogP contribution in [-0.2, 0) is 57.2 Å². The third-order valence-corrected chi connectivity index (χ3v) is 19.0. The van der Waals surface area contributed by atoms with Crippen LogP contribution in [0.1, 0.15) is 33.4 Å². The SMILES string of the molecule is C[P+](Cc1ccccc1)(Cc1ccccc1)Cc1ccccc1.C[P+](Cc1ccccc1)(Cc1ccccc1)Cc1ccccc1.O=S(=O)([O-])c1ccccc1.O=S(=O)([O-])c1ccccc1. The molecule has 0 unspecified atom stereocenters. The first-order chi connectivity index (χ1) is 31.7. The van der Waals surface area contributed by atoms with E-state index >= 15 is 0 Å². The summed E-state index contributed by atoms with van der Waals surface area (Å²) in [6.07, 6.45) is 7.24. The van der Waals surface area contributed by atoms with E-state index in [1.54, 1.807) is 12.1 Å². The predicted octanol–water partition coefficient (Wildman–Crippen LogP) is 13.7. The Morgan fingerprint density at radius 1 is 0.273 bits per heavy atom. The molecule has 0 amide bonds. The van der Waals surface area contributed by atoms with Gasteiger partial charge in [-0.25, -0.2) is 16.8 Å². The lowest BCUT2D eigenvalue weighted by atomic mass is 10.2. The molecule has 66 heavy (non-hydrogen) atoms. The van der Waals surface area contributed by atoms with E-state index < -0.39 is 34.8 Å². The highest BCUT2D eigenvalue weighted by Crippen LogP contribution is 2.64. The van der Waals surface area contributed by atoms with Gasteiger partial charge < -0.3 is 9.11 Å². The lowest BCUT2D eigenvalue weighted by Gasteiger charge is -2.24. The Kier molecular flexibility index (Phi) is 20.2. The molecule has 10 heteroatoms. The summed E-state index contributed by atoms with van der Waals surface area (Å²) in [6.45, 7) is 5.06. The van der Waals surface area contributed by atoms with E-state index in [1.165, 1.54) is 119 Å². The van der Waals surface area contributed by atoms with E-state index in [0.717, 1.165) is 0 Å². The number of benzene rings is 8. The van der Waals surface area contributed by atoms with Crippen molar-refractivity contribution in [2.75, 3.05) is 13.3 Å². The van der Waals surface area contributed by atoms with Gasteiger partial charge in [0.15, 0.2) is 0 Å². The van der Waals surface area contributed by atoms with Gasteiger partial charge in [0.2, 0.25) is 0 Å². The standard InChI is InChI=1S/2C22H24P.2C6H6O3S/c2*1-23(17-20-11-5-2-6-12-20,18-21-13-7-3-8-14-21)19-22-15-9-4-10-16-22;2*7-10(8,9)6-4-2-1-3-5-6/h2*2-16H,17-19H2,1H3;2*1-5H,(H,7,8,9)/q2*+1;;/p-2. The van der Waals surface area contributed by atoms with Gasteiger partial charge in [0.05, 0.1) is 46.8 Å². The maximum atomic E-state index is 10.3. The van der Waals surface area contributed by atoms with Crippen LogP contribution in [0.4, 0.5) is 0 Å². The van der Waals surface area contributed by atoms with Crippen molar-refractivity contribution in [3.63, 3.8) is 0 Å². The number of rotatable bonds is 14. The Morgan fingerprint density at radius 3 is 0.530 bits per heavy atom. The molecule has 8 rings (SSSR count). The summed E-state index contributed by atoms with van der Waals surface area (Å²) in [4.78, 5) is -0.370. The molecule has 0 aliphatic rings. The van der Waals surface area contributed by atoms with Crippen LogP contribution in [0.3, 0.4) is 0 Å². The fourth-order valence-corrected chi connectivity index (χ4v) is 15.9. The van der Waals surface area contributed by atoms with Crippen molar-refractivity contribution in [2.24, 2.45) is 0 Å². The maximum Gasteiger partial charge on any atom is 0.124 e. The Labute approximate surface area is 394 Å². The number of hydrogen-bond acceptors (Lipinski definition) is 6. The molecule has 0 saturated carbocycles. The van der Waals surface area contributed by atoms with E-state index in [0.29, 0.717) is 0 Å². The Balaban J connectivity index is 0.000000177. The largest absolute Gasteiger partial charge is 0.744 e. The Morgan fingerprint density at radius 2 is 0.409 bits per heavy atom. The number of hydrogen-bond donors (Lipinski definition) is 0. The monoisotopic (exact) mass is 952 g/mol. The zero-order chi connectivity index (χ0) is 47.1. The Bertz CT molecular complexity index is 2390. The summed E-state index contributed by atoms with van der Waals surface area (Å²) in [5, 5.41) is 0. The molecule has 0 aliphatic heterocycles. The van der Waals surface area contributed by atoms with E-state index in [1.807, 2.05) is 0 Å². The van der Waals surface area contributed by atoms with Crippen LogP contribution in [0.2, 0.25) is 0 Å². The fraction of sp³-hybridized carbons (Fsp3) is 0.143. The van der Waals surface area contributed by atoms with Crippen LogP contribution in [0.5, 0.6) is 0 Å². The van der Waals surface area contributed by atoms with Crippen molar-refractivity contribution in [2.45, 2.75) is 46.8 Å². The van der Waals surface area contributed by atoms with Crippen LogP contribution in [-0.4, -0.2) is 39.3 Å². The van der Waals surface area contributed by atoms with Crippen LogP contribution >= 0.6 is 14.5 Å². The summed E-state index contributed by atoms with van der Waals surface area (Å²) in [7, 11) is -10.8. The van der Waals surface area contributed by atoms with E-state index in [4.69, 9.17) is 0 Å². The second kappa shape index (κ2) is 26.0. The molecular weight excluding hydrogens is 895 g/mol. The third-order valence-electron chi connectivity index (χ3n) is 10.5. The van der Waals surface area contributed by atoms with Gasteiger partial charge in [-0.05, 0) is 57.6 Å². The van der Waals surface area contributed by atoms with Crippen molar-refractivity contribution >= 4 is 34.8 Å². The minimum absolute atomic E-state index is 0.185. The van der Waals surface area contributed by atoms with E-state index in [-0.39, 0.29) is 9.79 Å². The predicted molar refractivity (Wildman–Crippen MR) is 275 cm³/mol. The second-order valence-electron chi connectivity index (χ2n) is 16.6. The van der Waals surface area contributed by atoms with Crippen molar-refractivity contribution in [1.29, 1.82) is 0 Å².